The minimum atomic E-state index is -4.67. The first kappa shape index (κ1) is 22.9. The van der Waals surface area contributed by atoms with Crippen LogP contribution in [0, 0.1) is 0 Å². The maximum absolute atomic E-state index is 8.74. The molecule has 0 aromatic carbocycles. The zero-order valence-electron chi connectivity index (χ0n) is 5.00. The quantitative estimate of drug-likeness (QED) is 0.331. The maximum atomic E-state index is 8.74. The molecule has 0 heterocycles. The Morgan fingerprint density at radius 1 is 0.667 bits per heavy atom. The molecular weight excluding hydrogens is 283 g/mol. The first-order valence-corrected chi connectivity index (χ1v) is 4.19. The first-order chi connectivity index (χ1) is 4.00. The van der Waals surface area contributed by atoms with E-state index in [1.165, 1.54) is 0 Å². The molecule has 80 valence electrons. The van der Waals surface area contributed by atoms with Gasteiger partial charge in [-0.05, 0) is 0 Å². The van der Waals surface area contributed by atoms with Gasteiger partial charge in [0.15, 0.2) is 0 Å². The Kier molecular flexibility index (Phi) is 15.6. The first-order valence-electron chi connectivity index (χ1n) is 1.40. The summed E-state index contributed by atoms with van der Waals surface area (Å²) in [4.78, 5) is 0. The Labute approximate surface area is 85.4 Å². The van der Waals surface area contributed by atoms with Crippen LogP contribution >= 0.6 is 12.4 Å². The van der Waals surface area contributed by atoms with Crippen molar-refractivity contribution in [2.45, 2.75) is 0 Å². The molecule has 12 heteroatoms. The summed E-state index contributed by atoms with van der Waals surface area (Å²) >= 11 is 0. The van der Waals surface area contributed by atoms with Crippen LogP contribution in [0.15, 0.2) is 0 Å². The Morgan fingerprint density at radius 2 is 0.667 bits per heavy atom. The Morgan fingerprint density at radius 3 is 0.667 bits per heavy atom. The van der Waals surface area contributed by atoms with Crippen LogP contribution in [-0.2, 0) is 37.9 Å². The number of hydrogen-bond acceptors (Lipinski definition) is 4. The van der Waals surface area contributed by atoms with Gasteiger partial charge in [0.1, 0.15) is 0 Å². The summed E-state index contributed by atoms with van der Waals surface area (Å²) in [6.45, 7) is 0. The summed E-state index contributed by atoms with van der Waals surface area (Å²) in [5, 5.41) is 0. The van der Waals surface area contributed by atoms with E-state index in [-0.39, 0.29) is 29.5 Å². The van der Waals surface area contributed by atoms with Gasteiger partial charge in [-0.3, -0.25) is 18.2 Å². The van der Waals surface area contributed by atoms with Crippen LogP contribution < -0.4 is 0 Å². The van der Waals surface area contributed by atoms with Crippen LogP contribution in [0.1, 0.15) is 0 Å². The molecule has 4 N–H and O–H groups in total. The molecule has 0 unspecified atom stereocenters. The van der Waals surface area contributed by atoms with Crippen LogP contribution in [0.2, 0.25) is 0 Å². The third kappa shape index (κ3) is 3190. The van der Waals surface area contributed by atoms with Crippen LogP contribution in [0.4, 0.5) is 0 Å². The van der Waals surface area contributed by atoms with Gasteiger partial charge in [-0.2, -0.15) is 16.8 Å². The fourth-order valence-corrected chi connectivity index (χ4v) is 0. The Bertz CT molecular complexity index is 213. The number of halogens is 1. The summed E-state index contributed by atoms with van der Waals surface area (Å²) < 4.78 is 63.2. The van der Waals surface area contributed by atoms with E-state index in [1.807, 2.05) is 0 Å². The predicted molar refractivity (Wildman–Crippen MR) is 35.6 cm³/mol. The molecule has 0 amide bonds. The van der Waals surface area contributed by atoms with E-state index in [0.717, 1.165) is 0 Å². The average Bonchev–Trinajstić information content (AvgIpc) is 1.12. The number of rotatable bonds is 0. The minimum absolute atomic E-state index is 0. The molecule has 0 bridgehead atoms. The van der Waals surface area contributed by atoms with Gasteiger partial charge >= 0.3 is 20.8 Å². The predicted octanol–water partition coefficient (Wildman–Crippen LogP) is -0.886. The van der Waals surface area contributed by atoms with E-state index in [2.05, 4.69) is 0 Å². The van der Waals surface area contributed by atoms with E-state index in [1.54, 1.807) is 0 Å². The standard InChI is InChI=1S/ClH.Fe.2H2O4S/c;;2*1-5(2,3)4/h1H;;2*(H2,1,2,3,4). The van der Waals surface area contributed by atoms with Crippen molar-refractivity contribution in [3.8, 4) is 0 Å². The van der Waals surface area contributed by atoms with Crippen LogP contribution in [0.3, 0.4) is 0 Å². The largest absolute Gasteiger partial charge is 0.394 e. The summed E-state index contributed by atoms with van der Waals surface area (Å²) in [6, 6.07) is 0. The summed E-state index contributed by atoms with van der Waals surface area (Å²) in [7, 11) is -9.33. The zero-order valence-corrected chi connectivity index (χ0v) is 8.55. The van der Waals surface area contributed by atoms with Crippen molar-refractivity contribution in [2.75, 3.05) is 0 Å². The SMILES string of the molecule is Cl.O=S(=O)(O)O.O=S(=O)(O)O.[Fe]. The van der Waals surface area contributed by atoms with E-state index in [0.29, 0.717) is 0 Å². The number of hydrogen-bond donors (Lipinski definition) is 4. The van der Waals surface area contributed by atoms with E-state index in [9.17, 15) is 0 Å². The Hall–Kier alpha value is 0.549. The molecule has 0 fully saturated rings. The molecule has 0 rings (SSSR count). The summed E-state index contributed by atoms with van der Waals surface area (Å²) in [5.74, 6) is 0. The van der Waals surface area contributed by atoms with Gasteiger partial charge in [0.25, 0.3) is 0 Å². The molecule has 8 nitrogen and oxygen atoms in total. The van der Waals surface area contributed by atoms with Crippen molar-refractivity contribution in [3.05, 3.63) is 0 Å². The van der Waals surface area contributed by atoms with Crippen molar-refractivity contribution in [2.24, 2.45) is 0 Å². The summed E-state index contributed by atoms with van der Waals surface area (Å²) in [5.41, 5.74) is 0. The van der Waals surface area contributed by atoms with Crippen molar-refractivity contribution >= 4 is 33.2 Å². The fraction of sp³-hybridized carbons (Fsp3) is 0. The molecule has 0 aliphatic rings. The van der Waals surface area contributed by atoms with Crippen molar-refractivity contribution < 1.29 is 52.1 Å². The maximum Gasteiger partial charge on any atom is 0.394 e. The molecule has 0 atom stereocenters. The second-order valence-electron chi connectivity index (χ2n) is 0.896. The van der Waals surface area contributed by atoms with Gasteiger partial charge in [0, 0.05) is 17.1 Å². The zero-order chi connectivity index (χ0) is 9.00. The van der Waals surface area contributed by atoms with Crippen LogP contribution in [0.25, 0.3) is 0 Å². The normalized spacial score (nSPS) is 9.67. The van der Waals surface area contributed by atoms with Crippen LogP contribution in [0.5, 0.6) is 0 Å². The molecule has 0 aromatic rings. The Balaban J connectivity index is -0.0000000457. The van der Waals surface area contributed by atoms with Crippen molar-refractivity contribution in [3.63, 3.8) is 0 Å². The smallest absolute Gasteiger partial charge is 0.264 e. The minimum Gasteiger partial charge on any atom is -0.264 e. The molecule has 0 spiro atoms. The van der Waals surface area contributed by atoms with Gasteiger partial charge in [0.2, 0.25) is 0 Å². The molecule has 0 radical (unpaired) electrons. The van der Waals surface area contributed by atoms with Crippen LogP contribution in [-0.4, -0.2) is 35.0 Å². The van der Waals surface area contributed by atoms with Gasteiger partial charge in [0.05, 0.1) is 0 Å². The van der Waals surface area contributed by atoms with Crippen molar-refractivity contribution in [1.82, 2.24) is 0 Å². The monoisotopic (exact) mass is 288 g/mol. The fourth-order valence-electron chi connectivity index (χ4n) is 0. The van der Waals surface area contributed by atoms with Gasteiger partial charge in [-0.15, -0.1) is 12.4 Å². The summed E-state index contributed by atoms with van der Waals surface area (Å²) in [6.07, 6.45) is 0. The van der Waals surface area contributed by atoms with Crippen molar-refractivity contribution in [1.29, 1.82) is 0 Å². The molecule has 0 saturated heterocycles. The molecule has 0 aliphatic carbocycles. The molecule has 0 aliphatic heterocycles. The average molecular weight is 288 g/mol. The molecule has 0 aromatic heterocycles. The van der Waals surface area contributed by atoms with Gasteiger partial charge in [-0.25, -0.2) is 0 Å². The van der Waals surface area contributed by atoms with Gasteiger partial charge < -0.3 is 0 Å². The van der Waals surface area contributed by atoms with E-state index < -0.39 is 20.8 Å². The molecule has 12 heavy (non-hydrogen) atoms. The third-order valence-corrected chi connectivity index (χ3v) is 0. The van der Waals surface area contributed by atoms with E-state index >= 15 is 0 Å². The van der Waals surface area contributed by atoms with E-state index in [4.69, 9.17) is 35.0 Å². The van der Waals surface area contributed by atoms with Gasteiger partial charge in [-0.1, -0.05) is 0 Å². The second-order valence-corrected chi connectivity index (χ2v) is 2.69. The topological polar surface area (TPSA) is 149 Å². The third-order valence-electron chi connectivity index (χ3n) is 0. The molecule has 0 saturated carbocycles. The molecular formula is H5ClFeO8S2. The second kappa shape index (κ2) is 8.16.